The van der Waals surface area contributed by atoms with Crippen LogP contribution in [0.1, 0.15) is 29.8 Å². The van der Waals surface area contributed by atoms with Gasteiger partial charge in [-0.3, -0.25) is 4.79 Å². The number of amides is 1. The number of benzene rings is 2. The number of hydrogen-bond acceptors (Lipinski definition) is 4. The lowest BCUT2D eigenvalue weighted by Crippen LogP contribution is -2.24. The average Bonchev–Trinajstić information content (AvgIpc) is 3.34. The molecular formula is C21H18N4O2. The van der Waals surface area contributed by atoms with Gasteiger partial charge < -0.3 is 14.6 Å². The van der Waals surface area contributed by atoms with E-state index in [9.17, 15) is 10.1 Å². The minimum Gasteiger partial charge on any atom is -0.454 e. The summed E-state index contributed by atoms with van der Waals surface area (Å²) in [7, 11) is 0. The summed E-state index contributed by atoms with van der Waals surface area (Å²) in [4.78, 5) is 21.2. The monoisotopic (exact) mass is 358 g/mol. The fourth-order valence-corrected chi connectivity index (χ4v) is 3.23. The number of carbonyl (C=O) groups excluding carboxylic acids is 1. The third kappa shape index (κ3) is 3.53. The summed E-state index contributed by atoms with van der Waals surface area (Å²) in [6.07, 6.45) is 5.49. The number of nitrogens with one attached hydrogen (secondary N) is 1. The first-order chi connectivity index (χ1) is 13.2. The van der Waals surface area contributed by atoms with Gasteiger partial charge in [-0.25, -0.2) is 4.98 Å². The summed E-state index contributed by atoms with van der Waals surface area (Å²) < 4.78 is 6.11. The Kier molecular flexibility index (Phi) is 4.58. The van der Waals surface area contributed by atoms with Crippen LogP contribution in [0.15, 0.2) is 54.9 Å². The van der Waals surface area contributed by atoms with E-state index in [1.165, 1.54) is 0 Å². The van der Waals surface area contributed by atoms with Crippen molar-refractivity contribution < 1.29 is 9.53 Å². The molecule has 3 aromatic rings. The predicted octanol–water partition coefficient (Wildman–Crippen LogP) is 3.79. The highest BCUT2D eigenvalue weighted by Gasteiger charge is 2.24. The molecule has 1 amide bonds. The summed E-state index contributed by atoms with van der Waals surface area (Å²) in [5, 5.41) is 9.45. The van der Waals surface area contributed by atoms with Gasteiger partial charge >= 0.3 is 0 Å². The topological polar surface area (TPSA) is 82.0 Å². The van der Waals surface area contributed by atoms with E-state index in [1.807, 2.05) is 36.4 Å². The van der Waals surface area contributed by atoms with E-state index in [0.29, 0.717) is 36.4 Å². The molecule has 0 spiro atoms. The fraction of sp³-hybridized carbons (Fsp3) is 0.190. The van der Waals surface area contributed by atoms with Gasteiger partial charge in [0.1, 0.15) is 17.6 Å². The first kappa shape index (κ1) is 16.9. The Hall–Kier alpha value is -3.59. The van der Waals surface area contributed by atoms with Crippen LogP contribution < -0.4 is 9.64 Å². The molecule has 0 saturated carbocycles. The lowest BCUT2D eigenvalue weighted by atomic mass is 10.1. The van der Waals surface area contributed by atoms with Crippen molar-refractivity contribution in [2.24, 2.45) is 0 Å². The molecule has 6 nitrogen and oxygen atoms in total. The second-order valence-corrected chi connectivity index (χ2v) is 6.37. The third-order valence-corrected chi connectivity index (χ3v) is 4.54. The number of aromatic nitrogens is 2. The zero-order valence-electron chi connectivity index (χ0n) is 14.7. The van der Waals surface area contributed by atoms with Gasteiger partial charge in [-0.1, -0.05) is 18.2 Å². The van der Waals surface area contributed by atoms with Crippen molar-refractivity contribution in [3.63, 3.8) is 0 Å². The largest absolute Gasteiger partial charge is 0.454 e. The molecule has 0 radical (unpaired) electrons. The molecule has 4 rings (SSSR count). The molecule has 0 bridgehead atoms. The molecule has 1 aromatic heterocycles. The maximum Gasteiger partial charge on any atom is 0.227 e. The lowest BCUT2D eigenvalue weighted by Gasteiger charge is -2.20. The number of nitriles is 1. The van der Waals surface area contributed by atoms with Crippen LogP contribution in [0.3, 0.4) is 0 Å². The molecular weight excluding hydrogens is 340 g/mol. The molecule has 1 fully saturated rings. The molecule has 0 aliphatic carbocycles. The number of carbonyl (C=O) groups is 1. The second-order valence-electron chi connectivity index (χ2n) is 6.37. The van der Waals surface area contributed by atoms with Crippen molar-refractivity contribution in [2.45, 2.75) is 19.3 Å². The highest BCUT2D eigenvalue weighted by atomic mass is 16.5. The van der Waals surface area contributed by atoms with Crippen LogP contribution in [0.4, 0.5) is 5.69 Å². The van der Waals surface area contributed by atoms with Gasteiger partial charge in [0.05, 0.1) is 11.3 Å². The van der Waals surface area contributed by atoms with E-state index < -0.39 is 0 Å². The van der Waals surface area contributed by atoms with Gasteiger partial charge in [-0.2, -0.15) is 5.26 Å². The van der Waals surface area contributed by atoms with Gasteiger partial charge in [0, 0.05) is 31.8 Å². The molecule has 1 saturated heterocycles. The van der Waals surface area contributed by atoms with Crippen molar-refractivity contribution in [2.75, 3.05) is 11.4 Å². The van der Waals surface area contributed by atoms with Gasteiger partial charge in [0.25, 0.3) is 0 Å². The lowest BCUT2D eigenvalue weighted by molar-refractivity contribution is -0.117. The minimum absolute atomic E-state index is 0.0955. The Bertz CT molecular complexity index is 1010. The van der Waals surface area contributed by atoms with Crippen LogP contribution in [0.2, 0.25) is 0 Å². The highest BCUT2D eigenvalue weighted by molar-refractivity contribution is 5.96. The molecule has 1 aliphatic rings. The maximum atomic E-state index is 12.1. The summed E-state index contributed by atoms with van der Waals surface area (Å²) in [6.45, 7) is 0.683. The van der Waals surface area contributed by atoms with E-state index in [4.69, 9.17) is 4.74 Å². The van der Waals surface area contributed by atoms with Gasteiger partial charge in [-0.15, -0.1) is 0 Å². The number of aromatic amines is 1. The Balaban J connectivity index is 1.66. The zero-order chi connectivity index (χ0) is 18.6. The molecule has 6 heteroatoms. The highest BCUT2D eigenvalue weighted by Crippen LogP contribution is 2.36. The van der Waals surface area contributed by atoms with Crippen molar-refractivity contribution >= 4 is 11.6 Å². The first-order valence-electron chi connectivity index (χ1n) is 8.83. The molecule has 1 N–H and O–H groups in total. The van der Waals surface area contributed by atoms with Crippen molar-refractivity contribution in [3.8, 4) is 17.6 Å². The van der Waals surface area contributed by atoms with Crippen molar-refractivity contribution in [3.05, 3.63) is 71.8 Å². The standard InChI is InChI=1S/C21H18N4O2/c22-14-16-8-7-15(13-20-23-9-10-24-20)12-19(16)27-18-5-2-1-4-17(18)25-11-3-6-21(25)26/h1-2,4-5,7-10,12H,3,6,11,13H2,(H,23,24). The van der Waals surface area contributed by atoms with E-state index >= 15 is 0 Å². The molecule has 1 aliphatic heterocycles. The Morgan fingerprint density at radius 3 is 2.85 bits per heavy atom. The number of hydrogen-bond donors (Lipinski definition) is 1. The number of nitrogens with zero attached hydrogens (tertiary/aromatic N) is 3. The Labute approximate surface area is 157 Å². The van der Waals surface area contributed by atoms with E-state index in [1.54, 1.807) is 23.4 Å². The molecule has 27 heavy (non-hydrogen) atoms. The number of rotatable bonds is 5. The zero-order valence-corrected chi connectivity index (χ0v) is 14.7. The van der Waals surface area contributed by atoms with Gasteiger partial charge in [-0.05, 0) is 36.2 Å². The molecule has 134 valence electrons. The SMILES string of the molecule is N#Cc1ccc(Cc2ncc[nH]2)cc1Oc1ccccc1N1CCCC1=O. The van der Waals surface area contributed by atoms with Crippen molar-refractivity contribution in [1.82, 2.24) is 9.97 Å². The molecule has 2 aromatic carbocycles. The van der Waals surface area contributed by atoms with E-state index in [2.05, 4.69) is 16.0 Å². The number of anilines is 1. The first-order valence-corrected chi connectivity index (χ1v) is 8.83. The van der Waals surface area contributed by atoms with Crippen LogP contribution in [0.5, 0.6) is 11.5 Å². The van der Waals surface area contributed by atoms with Gasteiger partial charge in [0.2, 0.25) is 5.91 Å². The summed E-state index contributed by atoms with van der Waals surface area (Å²) in [6, 6.07) is 15.1. The minimum atomic E-state index is 0.0955. The molecule has 0 atom stereocenters. The maximum absolute atomic E-state index is 12.1. The predicted molar refractivity (Wildman–Crippen MR) is 101 cm³/mol. The summed E-state index contributed by atoms with van der Waals surface area (Å²) in [5.74, 6) is 1.98. The number of ether oxygens (including phenoxy) is 1. The number of H-pyrrole nitrogens is 1. The Morgan fingerprint density at radius 2 is 2.11 bits per heavy atom. The van der Waals surface area contributed by atoms with Crippen LogP contribution in [-0.2, 0) is 11.2 Å². The van der Waals surface area contributed by atoms with E-state index in [-0.39, 0.29) is 5.91 Å². The number of imidazole rings is 1. The van der Waals surface area contributed by atoms with Crippen LogP contribution in [0, 0.1) is 11.3 Å². The van der Waals surface area contributed by atoms with Crippen LogP contribution >= 0.6 is 0 Å². The van der Waals surface area contributed by atoms with Gasteiger partial charge in [0.15, 0.2) is 5.75 Å². The third-order valence-electron chi connectivity index (χ3n) is 4.54. The second kappa shape index (κ2) is 7.34. The smallest absolute Gasteiger partial charge is 0.227 e. The number of para-hydroxylation sites is 2. The van der Waals surface area contributed by atoms with Crippen LogP contribution in [-0.4, -0.2) is 22.4 Å². The van der Waals surface area contributed by atoms with Crippen LogP contribution in [0.25, 0.3) is 0 Å². The summed E-state index contributed by atoms with van der Waals surface area (Å²) in [5.41, 5.74) is 2.16. The quantitative estimate of drug-likeness (QED) is 0.752. The van der Waals surface area contributed by atoms with Crippen molar-refractivity contribution in [1.29, 1.82) is 5.26 Å². The summed E-state index contributed by atoms with van der Waals surface area (Å²) >= 11 is 0. The Morgan fingerprint density at radius 1 is 1.22 bits per heavy atom. The van der Waals surface area contributed by atoms with E-state index in [0.717, 1.165) is 23.5 Å². The normalized spacial score (nSPS) is 13.6. The fourth-order valence-electron chi connectivity index (χ4n) is 3.23. The molecule has 0 unspecified atom stereocenters. The average molecular weight is 358 g/mol. The molecule has 2 heterocycles.